The number of para-hydroxylation sites is 1. The van der Waals surface area contributed by atoms with Gasteiger partial charge in [0.2, 0.25) is 0 Å². The molecule has 0 bridgehead atoms. The fourth-order valence-electron chi connectivity index (χ4n) is 12.0. The molecule has 12 rings (SSSR count). The zero-order valence-electron chi connectivity index (χ0n) is 45.2. The van der Waals surface area contributed by atoms with Gasteiger partial charge in [-0.15, -0.1) is 0 Å². The summed E-state index contributed by atoms with van der Waals surface area (Å²) < 4.78 is 9.38. The molecule has 4 heterocycles. The summed E-state index contributed by atoms with van der Waals surface area (Å²) in [5.41, 5.74) is 23.5. The number of fused-ring (bicyclic) bond motifs is 10. The Balaban J connectivity index is 1.29. The van der Waals surface area contributed by atoms with Crippen LogP contribution in [0, 0.1) is 0 Å². The first kappa shape index (κ1) is 46.3. The minimum absolute atomic E-state index is 0.00984. The molecule has 360 valence electrons. The zero-order chi connectivity index (χ0) is 50.8. The molecule has 0 fully saturated rings. The third-order valence-corrected chi connectivity index (χ3v) is 16.2. The van der Waals surface area contributed by atoms with Crippen molar-refractivity contribution in [2.45, 2.75) is 131 Å². The molecule has 0 spiro atoms. The van der Waals surface area contributed by atoms with Crippen LogP contribution in [0.1, 0.15) is 132 Å². The van der Waals surface area contributed by atoms with Gasteiger partial charge in [0.05, 0.1) is 5.69 Å². The summed E-state index contributed by atoms with van der Waals surface area (Å²) in [5.74, 6) is 0. The zero-order valence-corrected chi connectivity index (χ0v) is 45.2. The number of hydrogen-bond acceptors (Lipinski definition) is 2. The van der Waals surface area contributed by atoms with E-state index in [-0.39, 0.29) is 33.9 Å². The van der Waals surface area contributed by atoms with Crippen LogP contribution in [0.2, 0.25) is 0 Å². The largest absolute Gasteiger partial charge is 0.456 e. The monoisotopic (exact) mass is 941 g/mol. The fourth-order valence-corrected chi connectivity index (χ4v) is 12.0. The summed E-state index contributed by atoms with van der Waals surface area (Å²) in [5, 5.41) is 6.02. The highest BCUT2D eigenvalue weighted by Crippen LogP contribution is 2.53. The maximum Gasteiger partial charge on any atom is 0.333 e. The Morgan fingerprint density at radius 2 is 0.944 bits per heavy atom. The van der Waals surface area contributed by atoms with E-state index < -0.39 is 0 Å². The van der Waals surface area contributed by atoms with E-state index in [2.05, 4.69) is 259 Å². The van der Waals surface area contributed by atoms with Gasteiger partial charge in [0.15, 0.2) is 0 Å². The molecule has 72 heavy (non-hydrogen) atoms. The van der Waals surface area contributed by atoms with Gasteiger partial charge in [0.25, 0.3) is 0 Å². The van der Waals surface area contributed by atoms with Crippen LogP contribution in [0.25, 0.3) is 77.1 Å². The minimum atomic E-state index is -0.152. The van der Waals surface area contributed by atoms with E-state index in [0.29, 0.717) is 0 Å². The molecule has 0 saturated heterocycles. The third-order valence-electron chi connectivity index (χ3n) is 16.2. The van der Waals surface area contributed by atoms with E-state index in [1.54, 1.807) is 0 Å². The van der Waals surface area contributed by atoms with Crippen LogP contribution in [0.3, 0.4) is 0 Å². The van der Waals surface area contributed by atoms with E-state index in [1.165, 1.54) is 105 Å². The Labute approximate surface area is 428 Å². The lowest BCUT2D eigenvalue weighted by Gasteiger charge is -2.42. The first-order valence-electron chi connectivity index (χ1n) is 26.3. The van der Waals surface area contributed by atoms with E-state index in [1.807, 2.05) is 0 Å². The van der Waals surface area contributed by atoms with Crippen LogP contribution in [0.4, 0.5) is 17.1 Å². The van der Waals surface area contributed by atoms with Crippen molar-refractivity contribution < 1.29 is 4.42 Å². The number of anilines is 3. The highest BCUT2D eigenvalue weighted by molar-refractivity contribution is 6.90. The lowest BCUT2D eigenvalue weighted by atomic mass is 9.44. The van der Waals surface area contributed by atoms with E-state index in [9.17, 15) is 0 Å². The molecule has 2 aliphatic heterocycles. The van der Waals surface area contributed by atoms with Crippen molar-refractivity contribution in [3.63, 3.8) is 0 Å². The number of nitrogens with zero attached hydrogens (tertiary/aromatic N) is 2. The normalized spacial score (nSPS) is 14.0. The molecule has 8 aromatic carbocycles. The molecule has 2 aromatic heterocycles. The average Bonchev–Trinajstić information content (AvgIpc) is 3.88. The second kappa shape index (κ2) is 15.4. The van der Waals surface area contributed by atoms with Crippen molar-refractivity contribution in [2.24, 2.45) is 0 Å². The smallest absolute Gasteiger partial charge is 0.333 e. The predicted molar refractivity (Wildman–Crippen MR) is 312 cm³/mol. The Morgan fingerprint density at radius 1 is 0.417 bits per heavy atom. The fraction of sp³-hybridized carbons (Fsp3) is 0.294. The molecule has 0 amide bonds. The molecule has 0 unspecified atom stereocenters. The number of aromatic nitrogens is 1. The summed E-state index contributed by atoms with van der Waals surface area (Å²) >= 11 is 0. The summed E-state index contributed by atoms with van der Waals surface area (Å²) in [7, 11) is 0. The van der Waals surface area contributed by atoms with Crippen molar-refractivity contribution >= 4 is 78.4 Å². The van der Waals surface area contributed by atoms with Gasteiger partial charge in [-0.2, -0.15) is 0 Å². The molecule has 0 N–H and O–H groups in total. The number of furan rings is 1. The van der Waals surface area contributed by atoms with Crippen LogP contribution in [-0.4, -0.2) is 11.3 Å². The van der Waals surface area contributed by atoms with Crippen molar-refractivity contribution in [3.8, 4) is 33.5 Å². The molecule has 10 aromatic rings. The van der Waals surface area contributed by atoms with Crippen molar-refractivity contribution in [1.29, 1.82) is 0 Å². The Morgan fingerprint density at radius 3 is 1.54 bits per heavy atom. The van der Waals surface area contributed by atoms with Crippen LogP contribution in [0.5, 0.6) is 0 Å². The van der Waals surface area contributed by atoms with E-state index >= 15 is 0 Å². The summed E-state index contributed by atoms with van der Waals surface area (Å²) in [4.78, 5) is 2.63. The lowest BCUT2D eigenvalue weighted by Crippen LogP contribution is -2.57. The first-order chi connectivity index (χ1) is 33.9. The second-order valence-corrected chi connectivity index (χ2v) is 26.3. The van der Waals surface area contributed by atoms with Gasteiger partial charge in [-0.3, -0.25) is 0 Å². The van der Waals surface area contributed by atoms with Gasteiger partial charge < -0.3 is 13.8 Å². The van der Waals surface area contributed by atoms with Gasteiger partial charge in [-0.1, -0.05) is 201 Å². The molecule has 4 heteroatoms. The standard InChI is InChI=1S/C68H69BN2O/c1-64(2,3)42-24-20-40(21-25-42)58-53-38-45(67(10,11)12)37-52-51-36-46(68(13,14)15)39-55-60(51)69(71(62(52)53)61(58)41-22-26-43(27-23-41)65(4,5)6)54-34-32-48-49(33-35-57-59(48)50-18-16-17-19-56(50)72-57)63(54)70(55)47-30-28-44(29-31-47)66(7,8)9/h16-39H,1-15H3. The van der Waals surface area contributed by atoms with E-state index in [4.69, 9.17) is 4.42 Å². The lowest BCUT2D eigenvalue weighted by molar-refractivity contribution is 0.589. The van der Waals surface area contributed by atoms with Crippen LogP contribution in [0.15, 0.2) is 150 Å². The van der Waals surface area contributed by atoms with Gasteiger partial charge >= 0.3 is 6.85 Å². The maximum absolute atomic E-state index is 6.60. The van der Waals surface area contributed by atoms with Gasteiger partial charge in [0.1, 0.15) is 11.2 Å². The Kier molecular flexibility index (Phi) is 9.89. The SMILES string of the molecule is CC(C)(C)c1ccc(-c2c(-c3ccc(C(C)(C)C)cc3)n3c4c(cc(C(C)(C)C)cc24)-c2cc(C(C)(C)C)cc4c2B3c2ccc3c(ccc5oc6ccccc6c53)c2N4c2ccc(C(C)(C)C)cc2)cc1. The molecule has 0 saturated carbocycles. The van der Waals surface area contributed by atoms with Crippen LogP contribution < -0.4 is 15.8 Å². The average molecular weight is 941 g/mol. The van der Waals surface area contributed by atoms with Crippen molar-refractivity contribution in [2.75, 3.05) is 4.90 Å². The summed E-state index contributed by atoms with van der Waals surface area (Å²) in [6, 6.07) is 56.7. The molecule has 0 aliphatic carbocycles. The van der Waals surface area contributed by atoms with Crippen molar-refractivity contribution in [3.05, 3.63) is 173 Å². The highest BCUT2D eigenvalue weighted by atomic mass is 16.3. The van der Waals surface area contributed by atoms with Crippen LogP contribution >= 0.6 is 0 Å². The number of benzene rings is 8. The number of hydrogen-bond donors (Lipinski definition) is 0. The number of rotatable bonds is 3. The minimum Gasteiger partial charge on any atom is -0.456 e. The van der Waals surface area contributed by atoms with Gasteiger partial charge in [-0.25, -0.2) is 0 Å². The summed E-state index contributed by atoms with van der Waals surface area (Å²) in [6.45, 7) is 34.9. The first-order valence-corrected chi connectivity index (χ1v) is 26.3. The molecular weight excluding hydrogens is 872 g/mol. The van der Waals surface area contributed by atoms with Gasteiger partial charge in [0, 0.05) is 55.3 Å². The molecule has 0 radical (unpaired) electrons. The topological polar surface area (TPSA) is 21.3 Å². The Hall–Kier alpha value is -6.78. The van der Waals surface area contributed by atoms with Gasteiger partial charge in [-0.05, 0) is 136 Å². The molecular formula is C68H69BN2O. The van der Waals surface area contributed by atoms with Crippen LogP contribution in [-0.2, 0) is 27.1 Å². The highest BCUT2D eigenvalue weighted by Gasteiger charge is 2.46. The predicted octanol–water partition coefficient (Wildman–Crippen LogP) is 17.9. The Bertz CT molecular complexity index is 3850. The molecule has 3 nitrogen and oxygen atoms in total. The molecule has 2 aliphatic rings. The third kappa shape index (κ3) is 7.06. The maximum atomic E-state index is 6.60. The quantitative estimate of drug-likeness (QED) is 0.165. The summed E-state index contributed by atoms with van der Waals surface area (Å²) in [6.07, 6.45) is 0. The van der Waals surface area contributed by atoms with Crippen molar-refractivity contribution in [1.82, 2.24) is 4.48 Å². The second-order valence-electron chi connectivity index (χ2n) is 26.3. The van der Waals surface area contributed by atoms with E-state index in [0.717, 1.165) is 27.6 Å². The molecule has 0 atom stereocenters.